The lowest BCUT2D eigenvalue weighted by Gasteiger charge is -2.03. The zero-order chi connectivity index (χ0) is 12.4. The van der Waals surface area contributed by atoms with Crippen molar-refractivity contribution in [3.05, 3.63) is 54.1 Å². The lowest BCUT2D eigenvalue weighted by Crippen LogP contribution is -1.84. The van der Waals surface area contributed by atoms with Crippen LogP contribution in [0.2, 0.25) is 0 Å². The Bertz CT molecular complexity index is 661. The van der Waals surface area contributed by atoms with Crippen molar-refractivity contribution in [2.75, 3.05) is 0 Å². The minimum atomic E-state index is 0.0454. The van der Waals surface area contributed by atoms with E-state index in [1.807, 2.05) is 48.5 Å². The van der Waals surface area contributed by atoms with Crippen LogP contribution in [0, 0.1) is 0 Å². The van der Waals surface area contributed by atoms with Gasteiger partial charge in [-0.3, -0.25) is 0 Å². The van der Waals surface area contributed by atoms with Gasteiger partial charge in [-0.2, -0.15) is 4.37 Å². The maximum atomic E-state index is 8.98. The molecule has 0 aliphatic heterocycles. The quantitative estimate of drug-likeness (QED) is 0.779. The van der Waals surface area contributed by atoms with Crippen LogP contribution in [0.1, 0.15) is 5.56 Å². The van der Waals surface area contributed by atoms with Gasteiger partial charge in [0.2, 0.25) is 5.06 Å². The fraction of sp³-hybridized carbons (Fsp3) is 0.0714. The lowest BCUT2D eigenvalue weighted by molar-refractivity contribution is 0.281. The standard InChI is InChI=1S/C14H11NO2S/c16-9-10-5-7-11(8-6-10)17-14-12-3-1-2-4-13(12)15-18-14/h1-8,16H,9H2. The highest BCUT2D eigenvalue weighted by Crippen LogP contribution is 2.33. The summed E-state index contributed by atoms with van der Waals surface area (Å²) in [6, 6.07) is 15.3. The molecule has 0 bridgehead atoms. The predicted octanol–water partition coefficient (Wildman–Crippen LogP) is 3.58. The van der Waals surface area contributed by atoms with Gasteiger partial charge in [-0.25, -0.2) is 0 Å². The molecule has 0 spiro atoms. The molecule has 3 nitrogen and oxygen atoms in total. The Kier molecular flexibility index (Phi) is 2.96. The molecule has 0 saturated carbocycles. The van der Waals surface area contributed by atoms with Crippen LogP contribution in [0.5, 0.6) is 10.8 Å². The van der Waals surface area contributed by atoms with Gasteiger partial charge in [-0.15, -0.1) is 0 Å². The van der Waals surface area contributed by atoms with Crippen LogP contribution in [0.15, 0.2) is 48.5 Å². The molecule has 0 fully saturated rings. The van der Waals surface area contributed by atoms with Gasteiger partial charge in [0, 0.05) is 11.5 Å². The largest absolute Gasteiger partial charge is 0.444 e. The van der Waals surface area contributed by atoms with Gasteiger partial charge in [0.25, 0.3) is 0 Å². The summed E-state index contributed by atoms with van der Waals surface area (Å²) in [6.45, 7) is 0.0454. The molecule has 0 aliphatic rings. The van der Waals surface area contributed by atoms with E-state index in [4.69, 9.17) is 9.84 Å². The van der Waals surface area contributed by atoms with Crippen molar-refractivity contribution in [2.45, 2.75) is 6.61 Å². The van der Waals surface area contributed by atoms with Crippen LogP contribution in [0.25, 0.3) is 10.9 Å². The van der Waals surface area contributed by atoms with Crippen LogP contribution >= 0.6 is 11.5 Å². The molecule has 90 valence electrons. The number of aliphatic hydroxyl groups is 1. The van der Waals surface area contributed by atoms with Crippen molar-refractivity contribution < 1.29 is 9.84 Å². The highest BCUT2D eigenvalue weighted by molar-refractivity contribution is 7.09. The molecule has 0 atom stereocenters. The Hall–Kier alpha value is -1.91. The summed E-state index contributed by atoms with van der Waals surface area (Å²) < 4.78 is 10.1. The van der Waals surface area contributed by atoms with Crippen molar-refractivity contribution in [2.24, 2.45) is 0 Å². The number of aliphatic hydroxyl groups excluding tert-OH is 1. The molecular weight excluding hydrogens is 246 g/mol. The molecule has 4 heteroatoms. The van der Waals surface area contributed by atoms with E-state index in [0.29, 0.717) is 0 Å². The molecule has 1 heterocycles. The van der Waals surface area contributed by atoms with Gasteiger partial charge >= 0.3 is 0 Å². The number of aromatic nitrogens is 1. The molecule has 0 aliphatic carbocycles. The van der Waals surface area contributed by atoms with E-state index >= 15 is 0 Å². The number of hydrogen-bond acceptors (Lipinski definition) is 4. The molecule has 3 aromatic rings. The van der Waals surface area contributed by atoms with Crippen molar-refractivity contribution in [1.82, 2.24) is 4.37 Å². The first-order valence-corrected chi connectivity index (χ1v) is 6.36. The first kappa shape index (κ1) is 11.2. The second-order valence-electron chi connectivity index (χ2n) is 3.89. The maximum absolute atomic E-state index is 8.98. The van der Waals surface area contributed by atoms with E-state index in [9.17, 15) is 0 Å². The number of benzene rings is 2. The molecule has 2 aromatic carbocycles. The van der Waals surface area contributed by atoms with Crippen molar-refractivity contribution in [3.63, 3.8) is 0 Å². The summed E-state index contributed by atoms with van der Waals surface area (Å²) in [4.78, 5) is 0. The summed E-state index contributed by atoms with van der Waals surface area (Å²) >= 11 is 1.35. The monoisotopic (exact) mass is 257 g/mol. The molecule has 3 rings (SSSR count). The summed E-state index contributed by atoms with van der Waals surface area (Å²) in [5.74, 6) is 0.751. The molecule has 1 N–H and O–H groups in total. The average Bonchev–Trinajstić information content (AvgIpc) is 2.83. The van der Waals surface area contributed by atoms with E-state index in [-0.39, 0.29) is 6.61 Å². The number of fused-ring (bicyclic) bond motifs is 1. The van der Waals surface area contributed by atoms with Crippen LogP contribution in [-0.2, 0) is 6.61 Å². The summed E-state index contributed by atoms with van der Waals surface area (Å²) in [5, 5.41) is 10.8. The van der Waals surface area contributed by atoms with E-state index < -0.39 is 0 Å². The molecule has 0 saturated heterocycles. The first-order valence-electron chi connectivity index (χ1n) is 5.59. The predicted molar refractivity (Wildman–Crippen MR) is 72.1 cm³/mol. The van der Waals surface area contributed by atoms with Crippen LogP contribution in [0.3, 0.4) is 0 Å². The topological polar surface area (TPSA) is 42.4 Å². The minimum absolute atomic E-state index is 0.0454. The number of ether oxygens (including phenoxy) is 1. The van der Waals surface area contributed by atoms with E-state index in [1.54, 1.807) is 0 Å². The van der Waals surface area contributed by atoms with Gasteiger partial charge in [0.15, 0.2) is 0 Å². The minimum Gasteiger partial charge on any atom is -0.444 e. The van der Waals surface area contributed by atoms with Crippen molar-refractivity contribution in [3.8, 4) is 10.8 Å². The van der Waals surface area contributed by atoms with Crippen LogP contribution < -0.4 is 4.74 Å². The summed E-state index contributed by atoms with van der Waals surface area (Å²) in [5.41, 5.74) is 1.82. The SMILES string of the molecule is OCc1ccc(Oc2snc3ccccc23)cc1. The van der Waals surface area contributed by atoms with Crippen molar-refractivity contribution >= 4 is 22.4 Å². The van der Waals surface area contributed by atoms with Gasteiger partial charge in [0.1, 0.15) is 5.75 Å². The van der Waals surface area contributed by atoms with E-state index in [1.165, 1.54) is 11.5 Å². The highest BCUT2D eigenvalue weighted by Gasteiger charge is 2.07. The summed E-state index contributed by atoms with van der Waals surface area (Å²) in [7, 11) is 0. The average molecular weight is 257 g/mol. The zero-order valence-electron chi connectivity index (χ0n) is 9.54. The lowest BCUT2D eigenvalue weighted by atomic mass is 10.2. The smallest absolute Gasteiger partial charge is 0.207 e. The van der Waals surface area contributed by atoms with Crippen LogP contribution in [-0.4, -0.2) is 9.48 Å². The molecule has 0 amide bonds. The first-order chi connectivity index (χ1) is 8.86. The van der Waals surface area contributed by atoms with E-state index in [0.717, 1.165) is 27.3 Å². The third kappa shape index (κ3) is 2.08. The number of hydrogen-bond donors (Lipinski definition) is 1. The van der Waals surface area contributed by atoms with Crippen LogP contribution in [0.4, 0.5) is 0 Å². The second-order valence-corrected chi connectivity index (χ2v) is 4.63. The Morgan fingerprint density at radius 1 is 1.06 bits per heavy atom. The zero-order valence-corrected chi connectivity index (χ0v) is 10.4. The van der Waals surface area contributed by atoms with E-state index in [2.05, 4.69) is 4.37 Å². The maximum Gasteiger partial charge on any atom is 0.207 e. The van der Waals surface area contributed by atoms with Gasteiger partial charge < -0.3 is 9.84 Å². The Labute approximate surface area is 108 Å². The van der Waals surface area contributed by atoms with Gasteiger partial charge in [-0.05, 0) is 29.8 Å². The second kappa shape index (κ2) is 4.76. The van der Waals surface area contributed by atoms with Crippen molar-refractivity contribution in [1.29, 1.82) is 0 Å². The third-order valence-electron chi connectivity index (χ3n) is 2.67. The Morgan fingerprint density at radius 3 is 2.61 bits per heavy atom. The molecule has 0 radical (unpaired) electrons. The fourth-order valence-electron chi connectivity index (χ4n) is 1.71. The molecule has 18 heavy (non-hydrogen) atoms. The van der Waals surface area contributed by atoms with Gasteiger partial charge in [-0.1, -0.05) is 24.3 Å². The number of rotatable bonds is 3. The third-order valence-corrected chi connectivity index (χ3v) is 3.42. The molecule has 1 aromatic heterocycles. The Morgan fingerprint density at radius 2 is 1.83 bits per heavy atom. The fourth-order valence-corrected chi connectivity index (χ4v) is 2.45. The molecule has 0 unspecified atom stereocenters. The summed E-state index contributed by atoms with van der Waals surface area (Å²) in [6.07, 6.45) is 0. The molecular formula is C14H11NO2S. The van der Waals surface area contributed by atoms with Gasteiger partial charge in [0.05, 0.1) is 17.5 Å². The Balaban J connectivity index is 1.91. The highest BCUT2D eigenvalue weighted by atomic mass is 32.1. The number of nitrogens with zero attached hydrogens (tertiary/aromatic N) is 1. The normalized spacial score (nSPS) is 10.7.